The minimum absolute atomic E-state index is 0.156. The average molecular weight is 456 g/mol. The zero-order valence-corrected chi connectivity index (χ0v) is 18.4. The van der Waals surface area contributed by atoms with Crippen LogP contribution < -0.4 is 5.32 Å². The molecule has 0 aliphatic carbocycles. The van der Waals surface area contributed by atoms with E-state index in [0.29, 0.717) is 28.9 Å². The monoisotopic (exact) mass is 455 g/mol. The van der Waals surface area contributed by atoms with E-state index in [2.05, 4.69) is 10.3 Å². The summed E-state index contributed by atoms with van der Waals surface area (Å²) in [5, 5.41) is 3.30. The van der Waals surface area contributed by atoms with E-state index in [9.17, 15) is 13.2 Å². The van der Waals surface area contributed by atoms with Gasteiger partial charge >= 0.3 is 0 Å². The maximum Gasteiger partial charge on any atom is 0.253 e. The number of carbonyl (C=O) groups excluding carboxylic acids is 1. The predicted octanol–water partition coefficient (Wildman–Crippen LogP) is 4.42. The maximum absolute atomic E-state index is 12.9. The van der Waals surface area contributed by atoms with Gasteiger partial charge in [0.25, 0.3) is 10.0 Å². The smallest absolute Gasteiger partial charge is 0.253 e. The van der Waals surface area contributed by atoms with Crippen LogP contribution in [-0.4, -0.2) is 36.2 Å². The fourth-order valence-corrected chi connectivity index (χ4v) is 7.51. The molecule has 3 heterocycles. The molecular weight excluding hydrogens is 438 g/mol. The van der Waals surface area contributed by atoms with E-state index in [1.165, 1.54) is 21.7 Å². The number of aromatic nitrogens is 1. The fourth-order valence-electron chi connectivity index (χ4n) is 3.31. The van der Waals surface area contributed by atoms with Crippen molar-refractivity contribution in [1.29, 1.82) is 0 Å². The van der Waals surface area contributed by atoms with Crippen LogP contribution >= 0.6 is 34.3 Å². The van der Waals surface area contributed by atoms with Crippen LogP contribution in [0.25, 0.3) is 10.2 Å². The van der Waals surface area contributed by atoms with Gasteiger partial charge in [0.15, 0.2) is 5.13 Å². The number of anilines is 1. The van der Waals surface area contributed by atoms with Gasteiger partial charge in [0.05, 0.1) is 14.6 Å². The first-order valence-electron chi connectivity index (χ1n) is 8.72. The van der Waals surface area contributed by atoms with Crippen LogP contribution in [-0.2, 0) is 14.8 Å². The number of benzene rings is 1. The number of hydrogen-bond acceptors (Lipinski definition) is 6. The van der Waals surface area contributed by atoms with Gasteiger partial charge in [-0.25, -0.2) is 13.4 Å². The molecule has 1 atom stereocenters. The van der Waals surface area contributed by atoms with E-state index >= 15 is 0 Å². The lowest BCUT2D eigenvalue weighted by Crippen LogP contribution is -2.42. The van der Waals surface area contributed by atoms with Gasteiger partial charge in [-0.1, -0.05) is 29.0 Å². The number of thiazole rings is 1. The Kier molecular flexibility index (Phi) is 5.22. The number of halogens is 1. The molecule has 1 aliphatic heterocycles. The second-order valence-electron chi connectivity index (χ2n) is 6.69. The number of thiophene rings is 1. The summed E-state index contributed by atoms with van der Waals surface area (Å²) < 4.78 is 28.7. The first kappa shape index (κ1) is 19.8. The molecule has 0 radical (unpaired) electrons. The Morgan fingerprint density at radius 2 is 2.04 bits per heavy atom. The Labute approximate surface area is 176 Å². The van der Waals surface area contributed by atoms with Crippen LogP contribution in [0, 0.1) is 13.8 Å². The first-order chi connectivity index (χ1) is 13.3. The van der Waals surface area contributed by atoms with Crippen LogP contribution in [0.2, 0.25) is 4.34 Å². The number of hydrogen-bond donors (Lipinski definition) is 1. The van der Waals surface area contributed by atoms with Crippen LogP contribution in [0.15, 0.2) is 28.5 Å². The zero-order valence-electron chi connectivity index (χ0n) is 15.2. The molecule has 1 unspecified atom stereocenters. The number of amides is 1. The van der Waals surface area contributed by atoms with Crippen molar-refractivity contribution in [3.8, 4) is 0 Å². The van der Waals surface area contributed by atoms with Crippen molar-refractivity contribution in [2.24, 2.45) is 0 Å². The van der Waals surface area contributed by atoms with Crippen LogP contribution in [0.4, 0.5) is 5.13 Å². The number of sulfonamides is 1. The van der Waals surface area contributed by atoms with Gasteiger partial charge < -0.3 is 5.32 Å². The lowest BCUT2D eigenvalue weighted by molar-refractivity contribution is -0.119. The largest absolute Gasteiger partial charge is 0.301 e. The maximum atomic E-state index is 12.9. The predicted molar refractivity (Wildman–Crippen MR) is 114 cm³/mol. The van der Waals surface area contributed by atoms with E-state index in [0.717, 1.165) is 32.7 Å². The van der Waals surface area contributed by atoms with Crippen LogP contribution in [0.3, 0.4) is 0 Å². The minimum atomic E-state index is -3.75. The summed E-state index contributed by atoms with van der Waals surface area (Å²) in [5.41, 5.74) is 3.08. The molecule has 28 heavy (non-hydrogen) atoms. The van der Waals surface area contributed by atoms with Crippen LogP contribution in [0.5, 0.6) is 0 Å². The highest BCUT2D eigenvalue weighted by Crippen LogP contribution is 2.34. The molecule has 1 amide bonds. The van der Waals surface area contributed by atoms with Gasteiger partial charge in [0.2, 0.25) is 5.91 Å². The highest BCUT2D eigenvalue weighted by Gasteiger charge is 2.40. The summed E-state index contributed by atoms with van der Waals surface area (Å²) in [6.45, 7) is 4.33. The lowest BCUT2D eigenvalue weighted by Gasteiger charge is -2.22. The molecule has 0 spiro atoms. The van der Waals surface area contributed by atoms with Gasteiger partial charge in [0, 0.05) is 6.54 Å². The number of carbonyl (C=O) groups is 1. The topological polar surface area (TPSA) is 79.4 Å². The molecule has 0 saturated carbocycles. The second-order valence-corrected chi connectivity index (χ2v) is 11.6. The van der Waals surface area contributed by atoms with Crippen molar-refractivity contribution < 1.29 is 13.2 Å². The van der Waals surface area contributed by atoms with E-state index in [-0.39, 0.29) is 10.1 Å². The molecule has 0 bridgehead atoms. The molecule has 2 aromatic heterocycles. The van der Waals surface area contributed by atoms with Gasteiger partial charge in [-0.05, 0) is 56.0 Å². The molecular formula is C18H18ClN3O3S3. The first-order valence-corrected chi connectivity index (χ1v) is 12.2. The van der Waals surface area contributed by atoms with Crippen molar-refractivity contribution in [2.45, 2.75) is 36.9 Å². The highest BCUT2D eigenvalue weighted by molar-refractivity contribution is 7.91. The Hall–Kier alpha value is -1.52. The van der Waals surface area contributed by atoms with Crippen molar-refractivity contribution in [3.05, 3.63) is 39.7 Å². The zero-order chi connectivity index (χ0) is 20.1. The Bertz CT molecular complexity index is 1170. The molecule has 1 saturated heterocycles. The number of nitrogens with one attached hydrogen (secondary N) is 1. The third kappa shape index (κ3) is 3.46. The Balaban J connectivity index is 1.58. The summed E-state index contributed by atoms with van der Waals surface area (Å²) in [5.74, 6) is -0.350. The minimum Gasteiger partial charge on any atom is -0.301 e. The summed E-state index contributed by atoms with van der Waals surface area (Å²) in [4.78, 5) is 17.4. The summed E-state index contributed by atoms with van der Waals surface area (Å²) in [7, 11) is -3.75. The molecule has 1 aliphatic rings. The van der Waals surface area contributed by atoms with Gasteiger partial charge in [-0.15, -0.1) is 11.3 Å². The van der Waals surface area contributed by atoms with E-state index in [1.807, 2.05) is 26.0 Å². The molecule has 148 valence electrons. The number of rotatable bonds is 4. The normalized spacial score (nSPS) is 18.0. The van der Waals surface area contributed by atoms with E-state index in [4.69, 9.17) is 11.6 Å². The molecule has 1 fully saturated rings. The average Bonchev–Trinajstić information content (AvgIpc) is 3.37. The summed E-state index contributed by atoms with van der Waals surface area (Å²) in [6.07, 6.45) is 1.11. The molecule has 6 nitrogen and oxygen atoms in total. The molecule has 4 rings (SSSR count). The SMILES string of the molecule is Cc1ccc2sc(NC(=O)C3CCCN3S(=O)(=O)c3ccc(Cl)s3)nc2c1C. The Morgan fingerprint density at radius 1 is 1.25 bits per heavy atom. The van der Waals surface area contributed by atoms with Crippen LogP contribution in [0.1, 0.15) is 24.0 Å². The third-order valence-corrected chi connectivity index (χ3v) is 9.48. The Morgan fingerprint density at radius 3 is 2.75 bits per heavy atom. The quantitative estimate of drug-likeness (QED) is 0.631. The van der Waals surface area contributed by atoms with Crippen molar-refractivity contribution in [3.63, 3.8) is 0 Å². The molecule has 1 N–H and O–H groups in total. The standard InChI is InChI=1S/C18H18ClN3O3S3/c1-10-5-6-13-16(11(10)2)20-18(26-13)21-17(23)12-4-3-9-22(12)28(24,25)15-8-7-14(19)27-15/h5-8,12H,3-4,9H2,1-2H3,(H,20,21,23). The van der Waals surface area contributed by atoms with Crippen molar-refractivity contribution >= 4 is 65.6 Å². The number of aryl methyl sites for hydroxylation is 2. The van der Waals surface area contributed by atoms with E-state index in [1.54, 1.807) is 6.07 Å². The lowest BCUT2D eigenvalue weighted by atomic mass is 10.1. The van der Waals surface area contributed by atoms with Gasteiger partial charge in [0.1, 0.15) is 10.3 Å². The highest BCUT2D eigenvalue weighted by atomic mass is 35.5. The summed E-state index contributed by atoms with van der Waals surface area (Å²) >= 11 is 8.28. The van der Waals surface area contributed by atoms with Gasteiger partial charge in [-0.3, -0.25) is 4.79 Å². The molecule has 3 aromatic rings. The fraction of sp³-hybridized carbons (Fsp3) is 0.333. The molecule has 1 aromatic carbocycles. The summed E-state index contributed by atoms with van der Waals surface area (Å²) in [6, 6.07) is 6.29. The molecule has 10 heteroatoms. The third-order valence-electron chi connectivity index (χ3n) is 4.93. The van der Waals surface area contributed by atoms with Crippen molar-refractivity contribution in [1.82, 2.24) is 9.29 Å². The number of nitrogens with zero attached hydrogens (tertiary/aromatic N) is 2. The van der Waals surface area contributed by atoms with Crippen molar-refractivity contribution in [2.75, 3.05) is 11.9 Å². The van der Waals surface area contributed by atoms with Gasteiger partial charge in [-0.2, -0.15) is 4.31 Å². The number of fused-ring (bicyclic) bond motifs is 1. The van der Waals surface area contributed by atoms with E-state index < -0.39 is 16.1 Å². The second kappa shape index (κ2) is 7.38.